The fourth-order valence-corrected chi connectivity index (χ4v) is 0.953. The molecule has 0 saturated carbocycles. The second kappa shape index (κ2) is 6.63. The quantitative estimate of drug-likeness (QED) is 0.323. The minimum absolute atomic E-state index is 0.226. The van der Waals surface area contributed by atoms with Gasteiger partial charge in [-0.2, -0.15) is 0 Å². The van der Waals surface area contributed by atoms with E-state index < -0.39 is 5.97 Å². The first-order valence-electron chi connectivity index (χ1n) is 4.51. The number of esters is 1. The molecule has 3 heteroatoms. The predicted octanol–water partition coefficient (Wildman–Crippen LogP) is 1.38. The summed E-state index contributed by atoms with van der Waals surface area (Å²) in [6, 6.07) is 9.76. The zero-order chi connectivity index (χ0) is 10.9. The Morgan fingerprint density at radius 3 is 2.73 bits per heavy atom. The Bertz CT molecular complexity index is 359. The Morgan fingerprint density at radius 2 is 2.07 bits per heavy atom. The summed E-state index contributed by atoms with van der Waals surface area (Å²) in [6.45, 7) is 0.723. The first-order valence-corrected chi connectivity index (χ1v) is 4.51. The predicted molar refractivity (Wildman–Crippen MR) is 55.9 cm³/mol. The van der Waals surface area contributed by atoms with E-state index >= 15 is 0 Å². The van der Waals surface area contributed by atoms with Crippen LogP contribution in [0.25, 0.3) is 0 Å². The lowest BCUT2D eigenvalue weighted by Gasteiger charge is -1.98. The number of hydrogen-bond acceptors (Lipinski definition) is 3. The molecule has 1 rings (SSSR count). The van der Waals surface area contributed by atoms with Crippen molar-refractivity contribution in [1.29, 1.82) is 0 Å². The molecule has 0 amide bonds. The van der Waals surface area contributed by atoms with E-state index in [0.29, 0.717) is 6.61 Å². The van der Waals surface area contributed by atoms with Crippen LogP contribution in [-0.2, 0) is 20.9 Å². The monoisotopic (exact) mass is 204 g/mol. The summed E-state index contributed by atoms with van der Waals surface area (Å²) in [5, 5.41) is 0. The maximum absolute atomic E-state index is 10.6. The Labute approximate surface area is 89.0 Å². The van der Waals surface area contributed by atoms with Crippen molar-refractivity contribution in [2.45, 2.75) is 6.61 Å². The molecule has 78 valence electrons. The van der Waals surface area contributed by atoms with Gasteiger partial charge in [-0.05, 0) is 5.56 Å². The van der Waals surface area contributed by atoms with Gasteiger partial charge in [0, 0.05) is 5.92 Å². The smallest absolute Gasteiger partial charge is 0.384 e. The number of rotatable bonds is 3. The van der Waals surface area contributed by atoms with Gasteiger partial charge in [-0.1, -0.05) is 36.3 Å². The summed E-state index contributed by atoms with van der Waals surface area (Å²) < 4.78 is 9.58. The van der Waals surface area contributed by atoms with Crippen LogP contribution in [0.15, 0.2) is 30.3 Å². The molecule has 15 heavy (non-hydrogen) atoms. The topological polar surface area (TPSA) is 35.5 Å². The Hall–Kier alpha value is -1.79. The highest BCUT2D eigenvalue weighted by molar-refractivity contribution is 5.88. The molecule has 0 aliphatic carbocycles. The Kier molecular flexibility index (Phi) is 4.99. The fourth-order valence-electron chi connectivity index (χ4n) is 0.953. The van der Waals surface area contributed by atoms with Gasteiger partial charge in [0.1, 0.15) is 6.61 Å². The molecule has 1 aromatic carbocycles. The van der Waals surface area contributed by atoms with Crippen molar-refractivity contribution < 1.29 is 14.3 Å². The number of hydrogen-bond donors (Lipinski definition) is 0. The number of carbonyl (C=O) groups excluding carboxylic acids is 1. The van der Waals surface area contributed by atoms with E-state index in [0.717, 1.165) is 5.56 Å². The second-order valence-electron chi connectivity index (χ2n) is 2.77. The van der Waals surface area contributed by atoms with Crippen molar-refractivity contribution in [3.8, 4) is 11.8 Å². The molecule has 0 saturated heterocycles. The molecule has 0 spiro atoms. The van der Waals surface area contributed by atoms with Gasteiger partial charge in [0.05, 0.1) is 13.7 Å². The van der Waals surface area contributed by atoms with Gasteiger partial charge in [0.15, 0.2) is 0 Å². The third-order valence-electron chi connectivity index (χ3n) is 1.66. The lowest BCUT2D eigenvalue weighted by molar-refractivity contribution is -0.133. The van der Waals surface area contributed by atoms with Crippen LogP contribution in [0, 0.1) is 11.8 Å². The molecular formula is C12H12O3. The zero-order valence-corrected chi connectivity index (χ0v) is 8.53. The third-order valence-corrected chi connectivity index (χ3v) is 1.66. The van der Waals surface area contributed by atoms with Crippen LogP contribution in [0.4, 0.5) is 0 Å². The third kappa shape index (κ3) is 4.84. The van der Waals surface area contributed by atoms with E-state index in [-0.39, 0.29) is 6.61 Å². The van der Waals surface area contributed by atoms with Gasteiger partial charge in [-0.15, -0.1) is 0 Å². The summed E-state index contributed by atoms with van der Waals surface area (Å²) in [4.78, 5) is 10.6. The number of carbonyl (C=O) groups is 1. The van der Waals surface area contributed by atoms with E-state index in [2.05, 4.69) is 16.6 Å². The maximum atomic E-state index is 10.6. The average Bonchev–Trinajstić information content (AvgIpc) is 2.29. The fraction of sp³-hybridized carbons (Fsp3) is 0.250. The van der Waals surface area contributed by atoms with E-state index in [1.54, 1.807) is 0 Å². The van der Waals surface area contributed by atoms with E-state index in [9.17, 15) is 4.79 Å². The van der Waals surface area contributed by atoms with Gasteiger partial charge >= 0.3 is 5.97 Å². The highest BCUT2D eigenvalue weighted by Crippen LogP contribution is 1.99. The molecule has 3 nitrogen and oxygen atoms in total. The van der Waals surface area contributed by atoms with Gasteiger partial charge in [0.2, 0.25) is 0 Å². The Morgan fingerprint density at radius 1 is 1.33 bits per heavy atom. The van der Waals surface area contributed by atoms with Crippen molar-refractivity contribution in [3.63, 3.8) is 0 Å². The van der Waals surface area contributed by atoms with Crippen molar-refractivity contribution >= 4 is 5.97 Å². The van der Waals surface area contributed by atoms with Gasteiger partial charge in [0.25, 0.3) is 0 Å². The minimum atomic E-state index is -0.543. The van der Waals surface area contributed by atoms with Crippen LogP contribution in [0.1, 0.15) is 5.56 Å². The van der Waals surface area contributed by atoms with E-state index in [4.69, 9.17) is 4.74 Å². The molecule has 1 aromatic rings. The van der Waals surface area contributed by atoms with Crippen LogP contribution in [0.2, 0.25) is 0 Å². The van der Waals surface area contributed by atoms with E-state index in [1.165, 1.54) is 7.11 Å². The van der Waals surface area contributed by atoms with Crippen molar-refractivity contribution in [2.75, 3.05) is 13.7 Å². The molecule has 0 N–H and O–H groups in total. The maximum Gasteiger partial charge on any atom is 0.384 e. The van der Waals surface area contributed by atoms with Crippen LogP contribution >= 0.6 is 0 Å². The van der Waals surface area contributed by atoms with Crippen molar-refractivity contribution in [2.24, 2.45) is 0 Å². The summed E-state index contributed by atoms with van der Waals surface area (Å²) in [5.41, 5.74) is 1.08. The zero-order valence-electron chi connectivity index (χ0n) is 8.53. The molecule has 0 aliphatic heterocycles. The first-order chi connectivity index (χ1) is 7.33. The van der Waals surface area contributed by atoms with Gasteiger partial charge in [-0.25, -0.2) is 4.79 Å². The van der Waals surface area contributed by atoms with E-state index in [1.807, 2.05) is 30.3 Å². The highest BCUT2D eigenvalue weighted by atomic mass is 16.5. The SMILES string of the molecule is COC(=O)C#CCOCc1ccccc1. The van der Waals surface area contributed by atoms with Gasteiger partial charge < -0.3 is 9.47 Å². The molecule has 0 heterocycles. The molecule has 0 radical (unpaired) electrons. The molecule has 0 aliphatic rings. The molecule has 0 atom stereocenters. The van der Waals surface area contributed by atoms with Gasteiger partial charge in [-0.3, -0.25) is 0 Å². The number of methoxy groups -OCH3 is 1. The lowest BCUT2D eigenvalue weighted by atomic mass is 10.2. The molecule has 0 bridgehead atoms. The van der Waals surface area contributed by atoms with Crippen LogP contribution < -0.4 is 0 Å². The molecular weight excluding hydrogens is 192 g/mol. The highest BCUT2D eigenvalue weighted by Gasteiger charge is 1.90. The standard InChI is InChI=1S/C12H12O3/c1-14-12(13)8-5-9-15-10-11-6-3-2-4-7-11/h2-4,6-7H,9-10H2,1H3. The summed E-state index contributed by atoms with van der Waals surface area (Å²) in [5.74, 6) is 4.30. The van der Waals surface area contributed by atoms with Crippen molar-refractivity contribution in [1.82, 2.24) is 0 Å². The first kappa shape index (κ1) is 11.3. The molecule has 0 aromatic heterocycles. The Balaban J connectivity index is 2.22. The minimum Gasteiger partial charge on any atom is -0.459 e. The van der Waals surface area contributed by atoms with Crippen LogP contribution in [0.3, 0.4) is 0 Å². The summed E-state index contributed by atoms with van der Waals surface area (Å²) in [6.07, 6.45) is 0. The summed E-state index contributed by atoms with van der Waals surface area (Å²) >= 11 is 0. The van der Waals surface area contributed by atoms with Crippen molar-refractivity contribution in [3.05, 3.63) is 35.9 Å². The van der Waals surface area contributed by atoms with Crippen LogP contribution in [-0.4, -0.2) is 19.7 Å². The molecule has 0 unspecified atom stereocenters. The second-order valence-corrected chi connectivity index (χ2v) is 2.77. The molecule has 0 fully saturated rings. The largest absolute Gasteiger partial charge is 0.459 e. The lowest BCUT2D eigenvalue weighted by Crippen LogP contribution is -1.97. The summed E-state index contributed by atoms with van der Waals surface area (Å²) in [7, 11) is 1.29. The average molecular weight is 204 g/mol. The number of benzene rings is 1. The number of ether oxygens (including phenoxy) is 2. The van der Waals surface area contributed by atoms with Crippen LogP contribution in [0.5, 0.6) is 0 Å². The normalized spacial score (nSPS) is 8.87.